The summed E-state index contributed by atoms with van der Waals surface area (Å²) in [5, 5.41) is 13.8. The topological polar surface area (TPSA) is 114 Å². The van der Waals surface area contributed by atoms with Crippen molar-refractivity contribution in [3.63, 3.8) is 0 Å². The molecular formula is C15H28N2O6. The fraction of sp³-hybridized carbons (Fsp3) is 0.800. The number of hydrogen-bond acceptors (Lipinski definition) is 5. The van der Waals surface area contributed by atoms with Crippen LogP contribution in [0, 0.1) is 0 Å². The van der Waals surface area contributed by atoms with E-state index in [2.05, 4.69) is 10.6 Å². The van der Waals surface area contributed by atoms with Gasteiger partial charge in [0.1, 0.15) is 17.2 Å². The van der Waals surface area contributed by atoms with Gasteiger partial charge >= 0.3 is 18.2 Å². The molecule has 0 rings (SSSR count). The lowest BCUT2D eigenvalue weighted by molar-refractivity contribution is -0.139. The first kappa shape index (κ1) is 17.4. The normalized spacial score (nSPS) is 14.1. The molecule has 0 heterocycles. The van der Waals surface area contributed by atoms with Crippen LogP contribution in [0.4, 0.5) is 9.59 Å². The van der Waals surface area contributed by atoms with Gasteiger partial charge in [0.25, 0.3) is 0 Å². The Labute approximate surface area is 139 Å². The van der Waals surface area contributed by atoms with E-state index in [0.29, 0.717) is 0 Å². The number of rotatable bonds is 6. The average Bonchev–Trinajstić information content (AvgIpc) is 2.49. The van der Waals surface area contributed by atoms with E-state index < -0.39 is 35.4 Å². The van der Waals surface area contributed by atoms with Crippen molar-refractivity contribution in [2.45, 2.75) is 71.6 Å². The number of nitrogens with one attached hydrogen (secondary N) is 2. The van der Waals surface area contributed by atoms with E-state index in [4.69, 9.17) is 17.3 Å². The van der Waals surface area contributed by atoms with Gasteiger partial charge in [0.05, 0.1) is 0 Å². The molecule has 0 aliphatic carbocycles. The van der Waals surface area contributed by atoms with Crippen molar-refractivity contribution in [2.75, 3.05) is 6.54 Å². The van der Waals surface area contributed by atoms with Crippen LogP contribution in [0.15, 0.2) is 0 Å². The molecule has 134 valence electrons. The van der Waals surface area contributed by atoms with Gasteiger partial charge in [0.15, 0.2) is 0 Å². The maximum absolute atomic E-state index is 11.7. The number of carbonyl (C=O) groups excluding carboxylic acids is 2. The van der Waals surface area contributed by atoms with E-state index >= 15 is 0 Å². The molecule has 23 heavy (non-hydrogen) atoms. The fourth-order valence-electron chi connectivity index (χ4n) is 1.46. The highest BCUT2D eigenvalue weighted by atomic mass is 16.6. The molecule has 0 bridgehead atoms. The Kier molecular flexibility index (Phi) is 6.49. The zero-order valence-corrected chi connectivity index (χ0v) is 14.1. The van der Waals surface area contributed by atoms with E-state index in [1.54, 1.807) is 27.7 Å². The summed E-state index contributed by atoms with van der Waals surface area (Å²) in [7, 11) is 0. The second-order valence-electron chi connectivity index (χ2n) is 6.40. The number of hydrogen-bond donors (Lipinski definition) is 3. The molecule has 1 atom stereocenters. The van der Waals surface area contributed by atoms with Crippen LogP contribution in [-0.4, -0.2) is 47.1 Å². The number of amides is 2. The highest BCUT2D eigenvalue weighted by Crippen LogP contribution is 2.08. The number of carboxylic acids is 1. The van der Waals surface area contributed by atoms with Gasteiger partial charge in [-0.1, -0.05) is 0 Å². The van der Waals surface area contributed by atoms with Crippen molar-refractivity contribution in [3.8, 4) is 0 Å². The van der Waals surface area contributed by atoms with Crippen LogP contribution in [0.5, 0.6) is 0 Å². The van der Waals surface area contributed by atoms with Crippen molar-refractivity contribution in [1.29, 1.82) is 0 Å². The third-order valence-electron chi connectivity index (χ3n) is 2.27. The number of ether oxygens (including phenoxy) is 2. The lowest BCUT2D eigenvalue weighted by Gasteiger charge is -2.22. The minimum Gasteiger partial charge on any atom is -0.480 e. The molecule has 0 radical (unpaired) electrons. The maximum atomic E-state index is 11.7. The Balaban J connectivity index is 4.28. The standard InChI is InChI=1S/C15H28N2O6/c1-14(2,3)22-12(20)16-9-7-8-10(11(18)19)17-13(21)23-15(4,5)6/h10H,7-9H2,1-6H3,(H,16,20)(H,17,21)(H,18,19)/t10-/m0/s1/i1D,4D. The Morgan fingerprint density at radius 3 is 2.09 bits per heavy atom. The minimum atomic E-state index is -1.22. The summed E-state index contributed by atoms with van der Waals surface area (Å²) in [6, 6.07) is -1.17. The van der Waals surface area contributed by atoms with E-state index in [0.717, 1.165) is 0 Å². The van der Waals surface area contributed by atoms with Gasteiger partial charge < -0.3 is 25.2 Å². The Bertz CT molecular complexity index is 471. The van der Waals surface area contributed by atoms with Gasteiger partial charge in [-0.15, -0.1) is 0 Å². The summed E-state index contributed by atoms with van der Waals surface area (Å²) < 4.78 is 24.4. The monoisotopic (exact) mass is 334 g/mol. The summed E-state index contributed by atoms with van der Waals surface area (Å²) in [5.41, 5.74) is -1.91. The minimum absolute atomic E-state index is 0.0772. The molecule has 0 aliphatic heterocycles. The van der Waals surface area contributed by atoms with E-state index in [9.17, 15) is 14.4 Å². The molecule has 8 heteroatoms. The summed E-state index contributed by atoms with van der Waals surface area (Å²) in [5.74, 6) is -1.22. The van der Waals surface area contributed by atoms with Crippen LogP contribution in [-0.2, 0) is 14.3 Å². The molecule has 0 fully saturated rings. The maximum Gasteiger partial charge on any atom is 0.408 e. The number of carbonyl (C=O) groups is 3. The molecule has 3 N–H and O–H groups in total. The fourth-order valence-corrected chi connectivity index (χ4v) is 1.46. The number of alkyl carbamates (subject to hydrolysis) is 2. The van der Waals surface area contributed by atoms with Crippen LogP contribution in [0.2, 0.25) is 0 Å². The van der Waals surface area contributed by atoms with Gasteiger partial charge in [-0.25, -0.2) is 14.4 Å². The van der Waals surface area contributed by atoms with Crippen LogP contribution in [0.3, 0.4) is 0 Å². The molecule has 0 saturated heterocycles. The van der Waals surface area contributed by atoms with E-state index in [1.165, 1.54) is 0 Å². The smallest absolute Gasteiger partial charge is 0.408 e. The molecule has 8 nitrogen and oxygen atoms in total. The van der Waals surface area contributed by atoms with Crippen molar-refractivity contribution < 1.29 is 31.7 Å². The predicted octanol–water partition coefficient (Wildman–Crippen LogP) is 2.27. The molecule has 0 aromatic carbocycles. The lowest BCUT2D eigenvalue weighted by Crippen LogP contribution is -2.43. The van der Waals surface area contributed by atoms with Crippen LogP contribution in [0.25, 0.3) is 0 Å². The number of carboxylic acid groups (broad SMARTS) is 1. The largest absolute Gasteiger partial charge is 0.480 e. The number of aliphatic carboxylic acids is 1. The Hall–Kier alpha value is -1.99. The first-order chi connectivity index (χ1) is 11.4. The molecule has 2 amide bonds. The summed E-state index contributed by atoms with van der Waals surface area (Å²) >= 11 is 0. The first-order valence-electron chi connectivity index (χ1n) is 8.61. The van der Waals surface area contributed by atoms with Crippen molar-refractivity contribution in [3.05, 3.63) is 0 Å². The van der Waals surface area contributed by atoms with E-state index in [-0.39, 0.29) is 33.2 Å². The molecule has 0 spiro atoms. The van der Waals surface area contributed by atoms with Crippen molar-refractivity contribution in [1.82, 2.24) is 10.6 Å². The predicted molar refractivity (Wildman–Crippen MR) is 84.3 cm³/mol. The molecule has 0 saturated carbocycles. The average molecular weight is 334 g/mol. The molecule has 0 aromatic heterocycles. The first-order valence-corrected chi connectivity index (χ1v) is 7.20. The highest BCUT2D eigenvalue weighted by molar-refractivity contribution is 5.80. The second kappa shape index (κ2) is 8.59. The van der Waals surface area contributed by atoms with E-state index in [1.807, 2.05) is 0 Å². The molecular weight excluding hydrogens is 304 g/mol. The SMILES string of the molecule is [2H]CC(C)(C)OC(=O)NCCC[C@H](NC(=O)OC(C)(C)C[2H])C(=O)O. The van der Waals surface area contributed by atoms with Crippen LogP contribution < -0.4 is 10.6 Å². The Morgan fingerprint density at radius 2 is 1.61 bits per heavy atom. The summed E-state index contributed by atoms with van der Waals surface area (Å²) in [4.78, 5) is 34.4. The summed E-state index contributed by atoms with van der Waals surface area (Å²) in [6.45, 7) is 6.22. The molecule has 0 unspecified atom stereocenters. The second-order valence-corrected chi connectivity index (χ2v) is 6.40. The zero-order valence-electron chi connectivity index (χ0n) is 16.1. The molecule has 0 aliphatic rings. The van der Waals surface area contributed by atoms with Gasteiger partial charge in [-0.3, -0.25) is 0 Å². The van der Waals surface area contributed by atoms with Crippen molar-refractivity contribution >= 4 is 18.2 Å². The van der Waals surface area contributed by atoms with Gasteiger partial charge in [-0.2, -0.15) is 0 Å². The molecule has 0 aromatic rings. The highest BCUT2D eigenvalue weighted by Gasteiger charge is 2.23. The van der Waals surface area contributed by atoms with Crippen LogP contribution >= 0.6 is 0 Å². The van der Waals surface area contributed by atoms with Gasteiger partial charge in [0, 0.05) is 9.29 Å². The lowest BCUT2D eigenvalue weighted by atomic mass is 10.1. The van der Waals surface area contributed by atoms with Gasteiger partial charge in [-0.05, 0) is 54.3 Å². The van der Waals surface area contributed by atoms with Crippen molar-refractivity contribution in [2.24, 2.45) is 0 Å². The van der Waals surface area contributed by atoms with Gasteiger partial charge in [0.2, 0.25) is 0 Å². The quantitative estimate of drug-likeness (QED) is 0.642. The third kappa shape index (κ3) is 12.3. The third-order valence-corrected chi connectivity index (χ3v) is 2.27. The van der Waals surface area contributed by atoms with Crippen LogP contribution in [0.1, 0.15) is 57.1 Å². The Morgan fingerprint density at radius 1 is 1.09 bits per heavy atom. The zero-order chi connectivity index (χ0) is 19.7. The summed E-state index contributed by atoms with van der Waals surface area (Å²) in [6.07, 6.45) is -1.23.